The van der Waals surface area contributed by atoms with Crippen molar-refractivity contribution in [1.82, 2.24) is 14.8 Å². The van der Waals surface area contributed by atoms with Crippen LogP contribution in [-0.4, -0.2) is 72.3 Å². The summed E-state index contributed by atoms with van der Waals surface area (Å²) in [5.41, 5.74) is 1.88. The minimum atomic E-state index is -1.80. The lowest BCUT2D eigenvalue weighted by Gasteiger charge is -2.41. The fraction of sp³-hybridized carbons (Fsp3) is 0.464. The van der Waals surface area contributed by atoms with Gasteiger partial charge in [0.05, 0.1) is 12.7 Å². The van der Waals surface area contributed by atoms with E-state index in [2.05, 4.69) is 4.98 Å². The zero-order chi connectivity index (χ0) is 26.3. The number of carbonyl (C=O) groups is 1. The molecule has 5 rings (SSSR count). The third-order valence-electron chi connectivity index (χ3n) is 7.67. The highest BCUT2D eigenvalue weighted by molar-refractivity contribution is 5.98. The van der Waals surface area contributed by atoms with Crippen LogP contribution in [-0.2, 0) is 6.42 Å². The number of likely N-dealkylation sites (tertiary alicyclic amines) is 1. The number of nitrogens with zero attached hydrogens (tertiary/aromatic N) is 2. The fourth-order valence-electron chi connectivity index (χ4n) is 5.81. The van der Waals surface area contributed by atoms with Gasteiger partial charge < -0.3 is 9.88 Å². The Labute approximate surface area is 212 Å². The van der Waals surface area contributed by atoms with Crippen molar-refractivity contribution >= 4 is 16.7 Å². The average molecular weight is 520 g/mol. The van der Waals surface area contributed by atoms with E-state index in [1.807, 2.05) is 36.1 Å². The Kier molecular flexibility index (Phi) is 7.36. The van der Waals surface area contributed by atoms with E-state index in [1.165, 1.54) is 0 Å². The van der Waals surface area contributed by atoms with E-state index in [4.69, 9.17) is 0 Å². The molecule has 1 N–H and O–H groups in total. The van der Waals surface area contributed by atoms with Crippen molar-refractivity contribution in [2.75, 3.05) is 39.5 Å². The lowest BCUT2D eigenvalue weighted by molar-refractivity contribution is 0.0612. The van der Waals surface area contributed by atoms with Crippen LogP contribution in [0.2, 0.25) is 0 Å². The largest absolute Gasteiger partial charge is 0.357 e. The molecule has 4 nitrogen and oxygen atoms in total. The Bertz CT molecular complexity index is 1270. The Morgan fingerprint density at radius 1 is 1.14 bits per heavy atom. The summed E-state index contributed by atoms with van der Waals surface area (Å²) in [6, 6.07) is 8.29. The van der Waals surface area contributed by atoms with Crippen molar-refractivity contribution in [2.24, 2.45) is 5.92 Å². The van der Waals surface area contributed by atoms with Crippen molar-refractivity contribution in [3.8, 4) is 0 Å². The van der Waals surface area contributed by atoms with Gasteiger partial charge in [0.1, 0.15) is 24.5 Å². The van der Waals surface area contributed by atoms with Gasteiger partial charge in [-0.2, -0.15) is 0 Å². The molecule has 0 unspecified atom stereocenters. The van der Waals surface area contributed by atoms with E-state index >= 15 is 8.78 Å². The molecule has 0 aliphatic carbocycles. The number of Topliss-reactive ketones (excluding diaryl/α,β-unsaturated/α-hetero) is 1. The Balaban J connectivity index is 1.52. The number of rotatable bonds is 9. The summed E-state index contributed by atoms with van der Waals surface area (Å²) in [6.45, 7) is 1.27. The number of aromatic amines is 1. The number of hydrogen-bond donors (Lipinski definition) is 1. The molecule has 3 atom stereocenters. The number of H-pyrrole nitrogens is 1. The normalized spacial score (nSPS) is 21.7. The second kappa shape index (κ2) is 10.5. The molecule has 0 saturated carbocycles. The molecule has 37 heavy (non-hydrogen) atoms. The van der Waals surface area contributed by atoms with Crippen molar-refractivity contribution in [2.45, 2.75) is 38.0 Å². The number of aromatic nitrogens is 1. The zero-order valence-corrected chi connectivity index (χ0v) is 20.6. The van der Waals surface area contributed by atoms with Crippen molar-refractivity contribution in [1.29, 1.82) is 0 Å². The highest BCUT2D eigenvalue weighted by Crippen LogP contribution is 2.43. The molecule has 2 aliphatic rings. The van der Waals surface area contributed by atoms with Crippen LogP contribution in [0.15, 0.2) is 36.4 Å². The molecule has 0 bridgehead atoms. The SMILES string of the molecule is C[C@@H]1Cc2c([nH]c3ccccc23)[C@@H](c2c(F)cc(C(=O)C3CN(CCCF)C3)cc2F)N1C[C@H](F)CF. The average Bonchev–Trinajstić information content (AvgIpc) is 3.22. The minimum absolute atomic E-state index is 0.0618. The predicted octanol–water partition coefficient (Wildman–Crippen LogP) is 5.56. The summed E-state index contributed by atoms with van der Waals surface area (Å²) < 4.78 is 71.2. The van der Waals surface area contributed by atoms with E-state index in [0.717, 1.165) is 28.6 Å². The third kappa shape index (κ3) is 4.79. The van der Waals surface area contributed by atoms with Gasteiger partial charge in [-0.3, -0.25) is 14.1 Å². The highest BCUT2D eigenvalue weighted by Gasteiger charge is 2.40. The van der Waals surface area contributed by atoms with Crippen LogP contribution in [0, 0.1) is 17.6 Å². The number of fused-ring (bicyclic) bond motifs is 3. The van der Waals surface area contributed by atoms with E-state index < -0.39 is 43.1 Å². The smallest absolute Gasteiger partial charge is 0.168 e. The van der Waals surface area contributed by atoms with Gasteiger partial charge in [-0.05, 0) is 43.5 Å². The maximum absolute atomic E-state index is 15.7. The number of carbonyl (C=O) groups excluding carboxylic acids is 1. The molecule has 9 heteroatoms. The van der Waals surface area contributed by atoms with Gasteiger partial charge in [0.15, 0.2) is 5.78 Å². The summed E-state index contributed by atoms with van der Waals surface area (Å²) in [4.78, 5) is 19.7. The quantitative estimate of drug-likeness (QED) is 0.297. The van der Waals surface area contributed by atoms with Gasteiger partial charge in [-0.1, -0.05) is 18.2 Å². The van der Waals surface area contributed by atoms with Gasteiger partial charge in [-0.25, -0.2) is 17.6 Å². The molecular weight excluding hydrogens is 489 g/mol. The Morgan fingerprint density at radius 2 is 1.84 bits per heavy atom. The van der Waals surface area contributed by atoms with E-state index in [9.17, 15) is 18.0 Å². The first kappa shape index (κ1) is 25.9. The summed E-state index contributed by atoms with van der Waals surface area (Å²) in [6.07, 6.45) is -0.913. The van der Waals surface area contributed by atoms with Crippen LogP contribution in [0.3, 0.4) is 0 Å². The first-order valence-corrected chi connectivity index (χ1v) is 12.7. The van der Waals surface area contributed by atoms with E-state index in [0.29, 0.717) is 38.2 Å². The number of hydrogen-bond acceptors (Lipinski definition) is 3. The maximum atomic E-state index is 15.7. The lowest BCUT2D eigenvalue weighted by atomic mass is 9.86. The highest BCUT2D eigenvalue weighted by atomic mass is 19.2. The lowest BCUT2D eigenvalue weighted by Crippen LogP contribution is -2.50. The molecule has 3 aromatic rings. The van der Waals surface area contributed by atoms with Crippen LogP contribution < -0.4 is 0 Å². The molecule has 1 aromatic heterocycles. The summed E-state index contributed by atoms with van der Waals surface area (Å²) in [7, 11) is 0. The number of nitrogens with one attached hydrogen (secondary N) is 1. The molecule has 0 spiro atoms. The second-order valence-electron chi connectivity index (χ2n) is 10.2. The maximum Gasteiger partial charge on any atom is 0.168 e. The van der Waals surface area contributed by atoms with Gasteiger partial charge in [0.2, 0.25) is 0 Å². The summed E-state index contributed by atoms with van der Waals surface area (Å²) in [5, 5.41) is 0.922. The molecule has 0 amide bonds. The topological polar surface area (TPSA) is 39.3 Å². The van der Waals surface area contributed by atoms with Crippen LogP contribution in [0.25, 0.3) is 10.9 Å². The molecule has 0 radical (unpaired) electrons. The molecule has 3 heterocycles. The van der Waals surface area contributed by atoms with Crippen LogP contribution in [0.5, 0.6) is 0 Å². The zero-order valence-electron chi connectivity index (χ0n) is 20.6. The number of para-hydroxylation sites is 1. The van der Waals surface area contributed by atoms with Crippen molar-refractivity contribution in [3.05, 3.63) is 70.4 Å². The summed E-state index contributed by atoms with van der Waals surface area (Å²) in [5.74, 6) is -2.56. The minimum Gasteiger partial charge on any atom is -0.357 e. The first-order chi connectivity index (χ1) is 17.8. The molecule has 1 saturated heterocycles. The van der Waals surface area contributed by atoms with Crippen LogP contribution in [0.1, 0.15) is 46.6 Å². The number of ketones is 1. The predicted molar refractivity (Wildman–Crippen MR) is 132 cm³/mol. The first-order valence-electron chi connectivity index (χ1n) is 12.7. The van der Waals surface area contributed by atoms with Crippen LogP contribution >= 0.6 is 0 Å². The van der Waals surface area contributed by atoms with Gasteiger partial charge >= 0.3 is 0 Å². The van der Waals surface area contributed by atoms with Gasteiger partial charge in [-0.15, -0.1) is 0 Å². The molecule has 1 fully saturated rings. The second-order valence-corrected chi connectivity index (χ2v) is 10.2. The number of alkyl halides is 3. The standard InChI is InChI=1S/C28H30F5N3O/c1-16-9-21-20-5-2-3-6-24(20)34-26(21)27(36(16)15-19(31)12-30)25-22(32)10-17(11-23(25)33)28(37)18-13-35(14-18)8-4-7-29/h2-3,5-6,10-11,16,18-19,27,34H,4,7-9,12-15H2,1H3/t16-,19-,27-/m1/s1. The fourth-order valence-corrected chi connectivity index (χ4v) is 5.81. The number of benzene rings is 2. The van der Waals surface area contributed by atoms with Gasteiger partial charge in [0, 0.05) is 65.9 Å². The monoisotopic (exact) mass is 519 g/mol. The van der Waals surface area contributed by atoms with Crippen molar-refractivity contribution in [3.63, 3.8) is 0 Å². The van der Waals surface area contributed by atoms with Crippen LogP contribution in [0.4, 0.5) is 22.0 Å². The van der Waals surface area contributed by atoms with Crippen molar-refractivity contribution < 1.29 is 26.7 Å². The Morgan fingerprint density at radius 3 is 2.51 bits per heavy atom. The Hall–Kier alpha value is -2.78. The molecular formula is C28H30F5N3O. The van der Waals surface area contributed by atoms with Gasteiger partial charge in [0.25, 0.3) is 0 Å². The third-order valence-corrected chi connectivity index (χ3v) is 7.67. The van der Waals surface area contributed by atoms with E-state index in [-0.39, 0.29) is 29.5 Å². The number of halogens is 5. The molecule has 198 valence electrons. The van der Waals surface area contributed by atoms with E-state index in [1.54, 1.807) is 4.90 Å². The molecule has 2 aromatic carbocycles. The molecule has 2 aliphatic heterocycles. The summed E-state index contributed by atoms with van der Waals surface area (Å²) >= 11 is 0.